The minimum Gasteiger partial charge on any atom is -0.384 e. The van der Waals surface area contributed by atoms with Crippen LogP contribution in [-0.4, -0.2) is 58.3 Å². The molecule has 2 aliphatic heterocycles. The molecule has 1 fully saturated rings. The molecular formula is C21H29N5O3. The van der Waals surface area contributed by atoms with E-state index >= 15 is 0 Å². The summed E-state index contributed by atoms with van der Waals surface area (Å²) in [5.74, 6) is 1.63. The zero-order valence-corrected chi connectivity index (χ0v) is 17.1. The zero-order chi connectivity index (χ0) is 20.4. The average molecular weight is 399 g/mol. The molecule has 0 aliphatic carbocycles. The van der Waals surface area contributed by atoms with Crippen LogP contribution in [-0.2, 0) is 23.1 Å². The van der Waals surface area contributed by atoms with Gasteiger partial charge in [0, 0.05) is 70.3 Å². The normalized spacial score (nSPS) is 23.6. The van der Waals surface area contributed by atoms with Gasteiger partial charge in [0.2, 0.25) is 5.91 Å². The van der Waals surface area contributed by atoms with E-state index in [-0.39, 0.29) is 17.5 Å². The molecule has 2 bridgehead atoms. The van der Waals surface area contributed by atoms with Gasteiger partial charge in [-0.2, -0.15) is 0 Å². The molecule has 29 heavy (non-hydrogen) atoms. The number of aryl methyl sites for hydroxylation is 1. The lowest BCUT2D eigenvalue weighted by molar-refractivity contribution is -0.122. The van der Waals surface area contributed by atoms with Crippen molar-refractivity contribution >= 4 is 5.91 Å². The molecular weight excluding hydrogens is 370 g/mol. The lowest BCUT2D eigenvalue weighted by atomic mass is 9.78. The molecule has 1 amide bonds. The second kappa shape index (κ2) is 8.51. The predicted molar refractivity (Wildman–Crippen MR) is 109 cm³/mol. The first-order valence-electron chi connectivity index (χ1n) is 10.2. The van der Waals surface area contributed by atoms with Crippen LogP contribution in [0.25, 0.3) is 0 Å². The molecule has 1 saturated heterocycles. The van der Waals surface area contributed by atoms with Gasteiger partial charge in [0.25, 0.3) is 5.56 Å². The molecule has 3 atom stereocenters. The summed E-state index contributed by atoms with van der Waals surface area (Å²) in [5.41, 5.74) is 1.10. The van der Waals surface area contributed by atoms with Gasteiger partial charge in [-0.15, -0.1) is 0 Å². The van der Waals surface area contributed by atoms with Crippen LogP contribution >= 0.6 is 0 Å². The summed E-state index contributed by atoms with van der Waals surface area (Å²) in [6.45, 7) is 3.46. The third kappa shape index (κ3) is 4.13. The summed E-state index contributed by atoms with van der Waals surface area (Å²) in [5, 5.41) is 3.01. The number of aromatic nitrogens is 3. The van der Waals surface area contributed by atoms with E-state index in [0.717, 1.165) is 37.6 Å². The van der Waals surface area contributed by atoms with Crippen molar-refractivity contribution < 1.29 is 9.53 Å². The fourth-order valence-electron chi connectivity index (χ4n) is 4.78. The number of pyridine rings is 1. The number of carbonyl (C=O) groups excluding carboxylic acids is 1. The van der Waals surface area contributed by atoms with Gasteiger partial charge in [-0.3, -0.25) is 14.5 Å². The Labute approximate surface area is 170 Å². The van der Waals surface area contributed by atoms with E-state index in [1.807, 2.05) is 30.1 Å². The maximum atomic E-state index is 12.7. The molecule has 0 radical (unpaired) electrons. The summed E-state index contributed by atoms with van der Waals surface area (Å²) in [6.07, 6.45) is 5.16. The smallest absolute Gasteiger partial charge is 0.251 e. The van der Waals surface area contributed by atoms with Crippen molar-refractivity contribution in [2.24, 2.45) is 13.0 Å². The third-order valence-corrected chi connectivity index (χ3v) is 6.20. The van der Waals surface area contributed by atoms with Crippen LogP contribution in [0.2, 0.25) is 0 Å². The summed E-state index contributed by atoms with van der Waals surface area (Å²) in [6, 6.07) is 5.49. The molecule has 156 valence electrons. The van der Waals surface area contributed by atoms with Crippen molar-refractivity contribution in [3.63, 3.8) is 0 Å². The van der Waals surface area contributed by atoms with Gasteiger partial charge < -0.3 is 19.2 Å². The van der Waals surface area contributed by atoms with Crippen molar-refractivity contribution in [1.82, 2.24) is 24.3 Å². The first-order valence-corrected chi connectivity index (χ1v) is 10.2. The number of hydrogen-bond donors (Lipinski definition) is 1. The van der Waals surface area contributed by atoms with Gasteiger partial charge in [0.1, 0.15) is 5.82 Å². The van der Waals surface area contributed by atoms with Gasteiger partial charge >= 0.3 is 0 Å². The zero-order valence-electron chi connectivity index (χ0n) is 17.1. The minimum atomic E-state index is -0.0415. The number of likely N-dealkylation sites (tertiary alicyclic amines) is 1. The van der Waals surface area contributed by atoms with Crippen molar-refractivity contribution in [2.45, 2.75) is 31.3 Å². The number of nitrogens with one attached hydrogen (secondary N) is 1. The predicted octanol–water partition coefficient (Wildman–Crippen LogP) is 0.895. The molecule has 8 heteroatoms. The molecule has 0 unspecified atom stereocenters. The topological polar surface area (TPSA) is 81.4 Å². The van der Waals surface area contributed by atoms with E-state index in [1.54, 1.807) is 13.2 Å². The highest BCUT2D eigenvalue weighted by Gasteiger charge is 2.40. The number of methoxy groups -OCH3 is 1. The molecule has 0 spiro atoms. The molecule has 1 N–H and O–H groups in total. The Kier molecular flexibility index (Phi) is 5.82. The molecule has 2 aromatic rings. The summed E-state index contributed by atoms with van der Waals surface area (Å²) in [7, 11) is 3.60. The number of imidazole rings is 1. The monoisotopic (exact) mass is 399 g/mol. The largest absolute Gasteiger partial charge is 0.384 e. The maximum absolute atomic E-state index is 12.7. The fourth-order valence-corrected chi connectivity index (χ4v) is 4.78. The standard InChI is InChI=1S/C21H29N5O3/c1-24-8-7-22-19(24)14-25-12-15-10-16(13-25)18(11-23-20(27)6-9-29-2)26-17(15)4-3-5-21(26)28/h3-5,7-8,15-16,18H,6,9-14H2,1-2H3,(H,23,27)/t15-,16+,18+/m1/s1. The number of nitrogens with zero attached hydrogens (tertiary/aromatic N) is 4. The second-order valence-corrected chi connectivity index (χ2v) is 8.11. The molecule has 8 nitrogen and oxygen atoms in total. The number of amides is 1. The average Bonchev–Trinajstić information content (AvgIpc) is 3.11. The molecule has 2 aliphatic rings. The van der Waals surface area contributed by atoms with Gasteiger partial charge in [0.05, 0.1) is 19.2 Å². The first kappa shape index (κ1) is 19.8. The number of ether oxygens (including phenoxy) is 1. The van der Waals surface area contributed by atoms with E-state index in [4.69, 9.17) is 4.74 Å². The van der Waals surface area contributed by atoms with Crippen LogP contribution in [0, 0.1) is 5.92 Å². The highest BCUT2D eigenvalue weighted by Crippen LogP contribution is 2.41. The Morgan fingerprint density at radius 3 is 2.97 bits per heavy atom. The number of fused-ring (bicyclic) bond motifs is 4. The summed E-state index contributed by atoms with van der Waals surface area (Å²) >= 11 is 0. The Hall–Kier alpha value is -2.45. The molecule has 0 aromatic carbocycles. The van der Waals surface area contributed by atoms with Crippen molar-refractivity contribution in [3.05, 3.63) is 52.5 Å². The van der Waals surface area contributed by atoms with Crippen LogP contribution in [0.3, 0.4) is 0 Å². The Balaban J connectivity index is 1.56. The van der Waals surface area contributed by atoms with Gasteiger partial charge in [-0.1, -0.05) is 6.07 Å². The van der Waals surface area contributed by atoms with Gasteiger partial charge in [-0.25, -0.2) is 4.98 Å². The number of hydrogen-bond acceptors (Lipinski definition) is 5. The third-order valence-electron chi connectivity index (χ3n) is 6.20. The van der Waals surface area contributed by atoms with E-state index in [0.29, 0.717) is 31.4 Å². The second-order valence-electron chi connectivity index (χ2n) is 8.11. The number of carbonyl (C=O) groups is 1. The molecule has 4 heterocycles. The van der Waals surface area contributed by atoms with Gasteiger partial charge in [-0.05, 0) is 18.4 Å². The highest BCUT2D eigenvalue weighted by molar-refractivity contribution is 5.75. The van der Waals surface area contributed by atoms with Crippen LogP contribution in [0.1, 0.15) is 36.3 Å². The molecule has 2 aromatic heterocycles. The molecule has 0 saturated carbocycles. The lowest BCUT2D eigenvalue weighted by Gasteiger charge is -2.47. The quantitative estimate of drug-likeness (QED) is 0.748. The van der Waals surface area contributed by atoms with Crippen LogP contribution < -0.4 is 10.9 Å². The van der Waals surface area contributed by atoms with Crippen molar-refractivity contribution in [1.29, 1.82) is 0 Å². The SMILES string of the molecule is COCCC(=O)NC[C@H]1[C@H]2C[C@H](CN(Cc3nccn3C)C2)c2cccc(=O)n21. The Morgan fingerprint density at radius 2 is 2.21 bits per heavy atom. The van der Waals surface area contributed by atoms with Crippen LogP contribution in [0.4, 0.5) is 0 Å². The Bertz CT molecular complexity index is 921. The van der Waals surface area contributed by atoms with Crippen LogP contribution in [0.15, 0.2) is 35.4 Å². The fraction of sp³-hybridized carbons (Fsp3) is 0.571. The summed E-state index contributed by atoms with van der Waals surface area (Å²) < 4.78 is 8.96. The number of rotatable bonds is 7. The van der Waals surface area contributed by atoms with E-state index < -0.39 is 0 Å². The number of piperidine rings is 1. The molecule has 4 rings (SSSR count). The Morgan fingerprint density at radius 1 is 1.34 bits per heavy atom. The van der Waals surface area contributed by atoms with Crippen molar-refractivity contribution in [3.8, 4) is 0 Å². The summed E-state index contributed by atoms with van der Waals surface area (Å²) in [4.78, 5) is 31.7. The van der Waals surface area contributed by atoms with Crippen LogP contribution in [0.5, 0.6) is 0 Å². The van der Waals surface area contributed by atoms with E-state index in [1.165, 1.54) is 0 Å². The van der Waals surface area contributed by atoms with E-state index in [2.05, 4.69) is 25.8 Å². The maximum Gasteiger partial charge on any atom is 0.251 e. The van der Waals surface area contributed by atoms with E-state index in [9.17, 15) is 9.59 Å². The lowest BCUT2D eigenvalue weighted by Crippen LogP contribution is -2.51. The van der Waals surface area contributed by atoms with Crippen molar-refractivity contribution in [2.75, 3.05) is 33.4 Å². The highest BCUT2D eigenvalue weighted by atomic mass is 16.5. The minimum absolute atomic E-state index is 0.0193. The van der Waals surface area contributed by atoms with Gasteiger partial charge in [0.15, 0.2) is 0 Å². The first-order chi connectivity index (χ1) is 14.1.